The van der Waals surface area contributed by atoms with Crippen LogP contribution in [-0.4, -0.2) is 10.1 Å². The summed E-state index contributed by atoms with van der Waals surface area (Å²) in [5.41, 5.74) is 1.00. The van der Waals surface area contributed by atoms with Crippen molar-refractivity contribution in [2.75, 3.05) is 0 Å². The molecular weight excluding hydrogens is 222 g/mol. The maximum Gasteiger partial charge on any atom is 0.0822 e. The summed E-state index contributed by atoms with van der Waals surface area (Å²) in [6, 6.07) is 8.07. The number of aliphatic hydroxyl groups is 1. The third-order valence-electron chi connectivity index (χ3n) is 3.59. The van der Waals surface area contributed by atoms with Crippen LogP contribution in [0, 0.1) is 5.92 Å². The fourth-order valence-electron chi connectivity index (χ4n) is 2.39. The smallest absolute Gasteiger partial charge is 0.0822 e. The molecule has 0 aliphatic heterocycles. The number of unbranched alkanes of at least 4 members (excludes halogenated alkanes) is 1. The summed E-state index contributed by atoms with van der Waals surface area (Å²) < 4.78 is 0. The Kier molecular flexibility index (Phi) is 4.32. The lowest BCUT2D eigenvalue weighted by Gasteiger charge is -2.20. The van der Waals surface area contributed by atoms with Crippen LogP contribution in [0.15, 0.2) is 36.7 Å². The highest BCUT2D eigenvalue weighted by atomic mass is 16.3. The minimum atomic E-state index is -0.399. The van der Waals surface area contributed by atoms with E-state index in [-0.39, 0.29) is 5.92 Å². The molecule has 2 atom stereocenters. The molecule has 0 spiro atoms. The largest absolute Gasteiger partial charge is 0.388 e. The van der Waals surface area contributed by atoms with Crippen molar-refractivity contribution in [3.05, 3.63) is 42.2 Å². The lowest BCUT2D eigenvalue weighted by Crippen LogP contribution is -2.09. The Balaban J connectivity index is 2.29. The molecule has 18 heavy (non-hydrogen) atoms. The van der Waals surface area contributed by atoms with Crippen molar-refractivity contribution in [3.8, 4) is 0 Å². The summed E-state index contributed by atoms with van der Waals surface area (Å²) in [6.07, 6.45) is 6.65. The molecule has 0 aliphatic rings. The van der Waals surface area contributed by atoms with Gasteiger partial charge in [0.2, 0.25) is 0 Å². The molecule has 2 aromatic rings. The van der Waals surface area contributed by atoms with Gasteiger partial charge in [0, 0.05) is 17.8 Å². The lowest BCUT2D eigenvalue weighted by molar-refractivity contribution is 0.113. The molecule has 0 aliphatic carbocycles. The average molecular weight is 243 g/mol. The Morgan fingerprint density at radius 1 is 1.28 bits per heavy atom. The van der Waals surface area contributed by atoms with Crippen LogP contribution < -0.4 is 0 Å². The second kappa shape index (κ2) is 5.96. The number of fused-ring (bicyclic) bond motifs is 1. The molecule has 96 valence electrons. The summed E-state index contributed by atoms with van der Waals surface area (Å²) >= 11 is 0. The highest BCUT2D eigenvalue weighted by Crippen LogP contribution is 2.30. The van der Waals surface area contributed by atoms with Crippen LogP contribution in [0.5, 0.6) is 0 Å². The van der Waals surface area contributed by atoms with Crippen molar-refractivity contribution in [1.82, 2.24) is 4.98 Å². The van der Waals surface area contributed by atoms with Crippen molar-refractivity contribution in [3.63, 3.8) is 0 Å². The molecule has 1 heterocycles. The number of hydrogen-bond donors (Lipinski definition) is 1. The molecule has 2 heteroatoms. The van der Waals surface area contributed by atoms with E-state index < -0.39 is 6.10 Å². The zero-order chi connectivity index (χ0) is 13.0. The number of aromatic nitrogens is 1. The quantitative estimate of drug-likeness (QED) is 0.857. The van der Waals surface area contributed by atoms with Crippen molar-refractivity contribution in [2.45, 2.75) is 39.2 Å². The number of nitrogens with zero attached hydrogens (tertiary/aromatic N) is 1. The predicted molar refractivity (Wildman–Crippen MR) is 75.4 cm³/mol. The van der Waals surface area contributed by atoms with E-state index in [1.807, 2.05) is 24.4 Å². The van der Waals surface area contributed by atoms with Gasteiger partial charge in [-0.25, -0.2) is 0 Å². The molecular formula is C16H21NO. The van der Waals surface area contributed by atoms with E-state index in [9.17, 15) is 5.11 Å². The number of pyridine rings is 1. The Labute approximate surface area is 109 Å². The van der Waals surface area contributed by atoms with E-state index in [0.717, 1.165) is 22.8 Å². The molecule has 2 rings (SSSR count). The Bertz CT molecular complexity index is 504. The standard InChI is InChI=1S/C16H21NO/c1-3-4-6-12(2)16(18)14-8-5-7-13-9-10-17-11-15(13)14/h5,7-12,16,18H,3-4,6H2,1-2H3. The van der Waals surface area contributed by atoms with Crippen LogP contribution in [0.3, 0.4) is 0 Å². The first-order valence-corrected chi connectivity index (χ1v) is 6.74. The summed E-state index contributed by atoms with van der Waals surface area (Å²) in [6.45, 7) is 4.30. The van der Waals surface area contributed by atoms with Gasteiger partial charge in [0.25, 0.3) is 0 Å². The first-order valence-electron chi connectivity index (χ1n) is 6.74. The monoisotopic (exact) mass is 243 g/mol. The molecule has 1 aromatic carbocycles. The van der Waals surface area contributed by atoms with E-state index in [4.69, 9.17) is 0 Å². The molecule has 0 radical (unpaired) electrons. The van der Waals surface area contributed by atoms with Gasteiger partial charge in [0.15, 0.2) is 0 Å². The van der Waals surface area contributed by atoms with Crippen molar-refractivity contribution < 1.29 is 5.11 Å². The number of benzene rings is 1. The maximum absolute atomic E-state index is 10.5. The zero-order valence-electron chi connectivity index (χ0n) is 11.1. The van der Waals surface area contributed by atoms with Gasteiger partial charge in [0.1, 0.15) is 0 Å². The maximum atomic E-state index is 10.5. The molecule has 1 aromatic heterocycles. The van der Waals surface area contributed by atoms with Crippen molar-refractivity contribution in [2.24, 2.45) is 5.92 Å². The van der Waals surface area contributed by atoms with E-state index in [2.05, 4.69) is 24.9 Å². The fourth-order valence-corrected chi connectivity index (χ4v) is 2.39. The number of aliphatic hydroxyl groups excluding tert-OH is 1. The van der Waals surface area contributed by atoms with Gasteiger partial charge in [-0.15, -0.1) is 0 Å². The zero-order valence-corrected chi connectivity index (χ0v) is 11.1. The Morgan fingerprint density at radius 2 is 2.11 bits per heavy atom. The predicted octanol–water partition coefficient (Wildman–Crippen LogP) is 4.09. The van der Waals surface area contributed by atoms with Crippen LogP contribution in [-0.2, 0) is 0 Å². The Morgan fingerprint density at radius 3 is 2.89 bits per heavy atom. The molecule has 1 N–H and O–H groups in total. The molecule has 0 bridgehead atoms. The third kappa shape index (κ3) is 2.70. The van der Waals surface area contributed by atoms with Crippen LogP contribution in [0.1, 0.15) is 44.8 Å². The Hall–Kier alpha value is -1.41. The first-order chi connectivity index (χ1) is 8.74. The summed E-state index contributed by atoms with van der Waals surface area (Å²) in [5, 5.41) is 12.7. The highest BCUT2D eigenvalue weighted by molar-refractivity contribution is 5.85. The first kappa shape index (κ1) is 13.0. The van der Waals surface area contributed by atoms with Gasteiger partial charge >= 0.3 is 0 Å². The van der Waals surface area contributed by atoms with Gasteiger partial charge in [-0.2, -0.15) is 0 Å². The van der Waals surface area contributed by atoms with E-state index in [0.29, 0.717) is 0 Å². The van der Waals surface area contributed by atoms with Gasteiger partial charge in [-0.1, -0.05) is 44.9 Å². The van der Waals surface area contributed by atoms with Crippen LogP contribution in [0.25, 0.3) is 10.8 Å². The van der Waals surface area contributed by atoms with Crippen LogP contribution in [0.2, 0.25) is 0 Å². The molecule has 0 saturated heterocycles. The highest BCUT2D eigenvalue weighted by Gasteiger charge is 2.17. The molecule has 0 saturated carbocycles. The SMILES string of the molecule is CCCCC(C)C(O)c1cccc2ccncc12. The molecule has 0 fully saturated rings. The normalized spacial score (nSPS) is 14.6. The van der Waals surface area contributed by atoms with Crippen molar-refractivity contribution >= 4 is 10.8 Å². The second-order valence-electron chi connectivity index (χ2n) is 5.01. The van der Waals surface area contributed by atoms with E-state index >= 15 is 0 Å². The van der Waals surface area contributed by atoms with Gasteiger partial charge in [-0.05, 0) is 29.4 Å². The van der Waals surface area contributed by atoms with Gasteiger partial charge in [0.05, 0.1) is 6.10 Å². The van der Waals surface area contributed by atoms with Crippen LogP contribution >= 0.6 is 0 Å². The van der Waals surface area contributed by atoms with E-state index in [1.165, 1.54) is 12.8 Å². The van der Waals surface area contributed by atoms with Gasteiger partial charge in [-0.3, -0.25) is 4.98 Å². The number of hydrogen-bond acceptors (Lipinski definition) is 2. The molecule has 2 unspecified atom stereocenters. The average Bonchev–Trinajstić information content (AvgIpc) is 2.43. The van der Waals surface area contributed by atoms with E-state index in [1.54, 1.807) is 6.20 Å². The van der Waals surface area contributed by atoms with Crippen molar-refractivity contribution in [1.29, 1.82) is 0 Å². The van der Waals surface area contributed by atoms with Gasteiger partial charge < -0.3 is 5.11 Å². The second-order valence-corrected chi connectivity index (χ2v) is 5.01. The van der Waals surface area contributed by atoms with Crippen LogP contribution in [0.4, 0.5) is 0 Å². The lowest BCUT2D eigenvalue weighted by atomic mass is 9.90. The minimum absolute atomic E-state index is 0.288. The summed E-state index contributed by atoms with van der Waals surface area (Å²) in [5.74, 6) is 0.288. The number of rotatable bonds is 5. The fraction of sp³-hybridized carbons (Fsp3) is 0.438. The minimum Gasteiger partial charge on any atom is -0.388 e. The summed E-state index contributed by atoms with van der Waals surface area (Å²) in [4.78, 5) is 4.17. The molecule has 2 nitrogen and oxygen atoms in total. The third-order valence-corrected chi connectivity index (χ3v) is 3.59. The molecule has 0 amide bonds. The topological polar surface area (TPSA) is 33.1 Å². The summed E-state index contributed by atoms with van der Waals surface area (Å²) in [7, 11) is 0.